The Morgan fingerprint density at radius 3 is 2.47 bits per heavy atom. The number of nitrogens with zero attached hydrogens (tertiary/aromatic N) is 1. The molecule has 1 aliphatic heterocycles. The molecular weight excluding hydrogens is 378 g/mol. The molecule has 5 heteroatoms. The molecule has 1 fully saturated rings. The number of aryl methyl sites for hydroxylation is 1. The van der Waals surface area contributed by atoms with Crippen molar-refractivity contribution in [2.75, 3.05) is 6.61 Å². The number of aliphatic hydroxyl groups excluding tert-OH is 2. The second-order valence-corrected chi connectivity index (χ2v) is 7.85. The first-order valence-electron chi connectivity index (χ1n) is 10.3. The van der Waals surface area contributed by atoms with Gasteiger partial charge in [0, 0.05) is 25.2 Å². The summed E-state index contributed by atoms with van der Waals surface area (Å²) >= 11 is 0. The lowest BCUT2D eigenvalue weighted by Crippen LogP contribution is -2.33. The van der Waals surface area contributed by atoms with E-state index < -0.39 is 6.10 Å². The number of aromatic nitrogens is 1. The van der Waals surface area contributed by atoms with E-state index in [1.54, 1.807) is 12.4 Å². The second-order valence-electron chi connectivity index (χ2n) is 7.85. The topological polar surface area (TPSA) is 71.8 Å². The fraction of sp³-hybridized carbons (Fsp3) is 0.320. The highest BCUT2D eigenvalue weighted by molar-refractivity contribution is 5.38. The van der Waals surface area contributed by atoms with Crippen LogP contribution in [0.3, 0.4) is 0 Å². The molecule has 0 aliphatic carbocycles. The van der Waals surface area contributed by atoms with Crippen LogP contribution in [0.4, 0.5) is 0 Å². The molecule has 5 nitrogen and oxygen atoms in total. The summed E-state index contributed by atoms with van der Waals surface area (Å²) in [5, 5.41) is 19.6. The van der Waals surface area contributed by atoms with Crippen LogP contribution in [-0.2, 0) is 11.2 Å². The summed E-state index contributed by atoms with van der Waals surface area (Å²) in [7, 11) is 0. The first-order chi connectivity index (χ1) is 14.6. The van der Waals surface area contributed by atoms with Crippen LogP contribution in [0.15, 0.2) is 67.0 Å². The van der Waals surface area contributed by atoms with Gasteiger partial charge in [-0.1, -0.05) is 30.3 Å². The van der Waals surface area contributed by atoms with E-state index in [9.17, 15) is 10.2 Å². The molecule has 1 aliphatic rings. The normalized spacial score (nSPS) is 21.4. The van der Waals surface area contributed by atoms with Gasteiger partial charge in [-0.15, -0.1) is 0 Å². The summed E-state index contributed by atoms with van der Waals surface area (Å²) in [5.74, 6) is 1.55. The van der Waals surface area contributed by atoms with Crippen molar-refractivity contribution in [1.82, 2.24) is 4.98 Å². The van der Waals surface area contributed by atoms with E-state index in [2.05, 4.69) is 42.2 Å². The van der Waals surface area contributed by atoms with Crippen LogP contribution in [0.2, 0.25) is 0 Å². The minimum atomic E-state index is -0.446. The Balaban J connectivity index is 1.47. The minimum absolute atomic E-state index is 0.0693. The fourth-order valence-corrected chi connectivity index (χ4v) is 3.84. The summed E-state index contributed by atoms with van der Waals surface area (Å²) < 4.78 is 11.8. The molecular formula is C25H27NO4. The minimum Gasteiger partial charge on any atom is -0.457 e. The van der Waals surface area contributed by atoms with E-state index in [1.165, 1.54) is 16.7 Å². The van der Waals surface area contributed by atoms with Gasteiger partial charge in [-0.25, -0.2) is 0 Å². The van der Waals surface area contributed by atoms with Crippen molar-refractivity contribution in [3.63, 3.8) is 0 Å². The maximum absolute atomic E-state index is 10.1. The van der Waals surface area contributed by atoms with Crippen molar-refractivity contribution in [3.05, 3.63) is 89.2 Å². The quantitative estimate of drug-likeness (QED) is 0.638. The Morgan fingerprint density at radius 1 is 1.00 bits per heavy atom. The van der Waals surface area contributed by atoms with Gasteiger partial charge in [0.05, 0.1) is 24.9 Å². The van der Waals surface area contributed by atoms with Crippen molar-refractivity contribution >= 4 is 0 Å². The van der Waals surface area contributed by atoms with Crippen LogP contribution in [0.5, 0.6) is 11.5 Å². The Bertz CT molecular complexity index is 959. The number of benzene rings is 2. The zero-order valence-corrected chi connectivity index (χ0v) is 17.1. The van der Waals surface area contributed by atoms with E-state index in [-0.39, 0.29) is 18.8 Å². The number of pyridine rings is 1. The zero-order chi connectivity index (χ0) is 20.9. The molecule has 2 heterocycles. The highest BCUT2D eigenvalue weighted by Gasteiger charge is 2.29. The largest absolute Gasteiger partial charge is 0.457 e. The third-order valence-corrected chi connectivity index (χ3v) is 5.53. The fourth-order valence-electron chi connectivity index (χ4n) is 3.84. The summed E-state index contributed by atoms with van der Waals surface area (Å²) in [4.78, 5) is 3.99. The van der Waals surface area contributed by atoms with Crippen molar-refractivity contribution in [2.45, 2.75) is 44.5 Å². The van der Waals surface area contributed by atoms with Gasteiger partial charge in [0.15, 0.2) is 0 Å². The van der Waals surface area contributed by atoms with Gasteiger partial charge in [-0.2, -0.15) is 0 Å². The van der Waals surface area contributed by atoms with Crippen LogP contribution >= 0.6 is 0 Å². The number of ether oxygens (including phenoxy) is 2. The first kappa shape index (κ1) is 20.5. The van der Waals surface area contributed by atoms with Crippen LogP contribution in [0, 0.1) is 6.92 Å². The van der Waals surface area contributed by atoms with Crippen molar-refractivity contribution in [2.24, 2.45) is 0 Å². The van der Waals surface area contributed by atoms with Gasteiger partial charge in [0.25, 0.3) is 0 Å². The molecule has 2 aromatic carbocycles. The van der Waals surface area contributed by atoms with Gasteiger partial charge >= 0.3 is 0 Å². The highest BCUT2D eigenvalue weighted by Crippen LogP contribution is 2.33. The zero-order valence-electron chi connectivity index (χ0n) is 17.1. The third kappa shape index (κ3) is 5.05. The predicted molar refractivity (Wildman–Crippen MR) is 115 cm³/mol. The molecule has 30 heavy (non-hydrogen) atoms. The Kier molecular flexibility index (Phi) is 6.43. The Morgan fingerprint density at radius 2 is 1.73 bits per heavy atom. The van der Waals surface area contributed by atoms with Crippen LogP contribution in [0.1, 0.15) is 41.2 Å². The van der Waals surface area contributed by atoms with Crippen molar-refractivity contribution in [1.29, 1.82) is 0 Å². The summed E-state index contributed by atoms with van der Waals surface area (Å²) in [5.41, 5.74) is 4.67. The molecule has 0 unspecified atom stereocenters. The lowest BCUT2D eigenvalue weighted by Gasteiger charge is -2.32. The number of aliphatic hydroxyl groups is 2. The summed E-state index contributed by atoms with van der Waals surface area (Å²) in [6, 6.07) is 18.1. The predicted octanol–water partition coefficient (Wildman–Crippen LogP) is 4.35. The molecule has 156 valence electrons. The van der Waals surface area contributed by atoms with Crippen molar-refractivity contribution in [3.8, 4) is 11.5 Å². The second kappa shape index (κ2) is 9.39. The maximum atomic E-state index is 10.1. The number of hydrogen-bond donors (Lipinski definition) is 2. The Labute approximate surface area is 176 Å². The molecule has 0 amide bonds. The van der Waals surface area contributed by atoms with E-state index in [0.29, 0.717) is 12.8 Å². The standard InChI is InChI=1S/C25H27NO4/c1-17-2-5-19(25-15-21(28)14-24(16-27)30-25)13-20(17)12-18-3-6-22(7-4-18)29-23-8-10-26-11-9-23/h2-11,13,21,24-25,27-28H,12,14-16H2,1H3/t21-,24-,25+/m0/s1. The molecule has 0 bridgehead atoms. The maximum Gasteiger partial charge on any atom is 0.130 e. The highest BCUT2D eigenvalue weighted by atomic mass is 16.5. The molecule has 0 spiro atoms. The van der Waals surface area contributed by atoms with Crippen LogP contribution in [-0.4, -0.2) is 34.0 Å². The molecule has 4 rings (SSSR count). The van der Waals surface area contributed by atoms with Crippen LogP contribution in [0.25, 0.3) is 0 Å². The monoisotopic (exact) mass is 405 g/mol. The van der Waals surface area contributed by atoms with E-state index in [0.717, 1.165) is 23.5 Å². The van der Waals surface area contributed by atoms with Crippen molar-refractivity contribution < 1.29 is 19.7 Å². The average molecular weight is 405 g/mol. The van der Waals surface area contributed by atoms with Gasteiger partial charge < -0.3 is 19.7 Å². The molecule has 0 saturated carbocycles. The first-order valence-corrected chi connectivity index (χ1v) is 10.3. The van der Waals surface area contributed by atoms with Gasteiger partial charge in [0.2, 0.25) is 0 Å². The Hall–Kier alpha value is -2.73. The number of rotatable bonds is 6. The smallest absolute Gasteiger partial charge is 0.130 e. The molecule has 3 atom stereocenters. The van der Waals surface area contributed by atoms with E-state index in [1.807, 2.05) is 24.3 Å². The molecule has 0 radical (unpaired) electrons. The molecule has 1 aromatic heterocycles. The third-order valence-electron chi connectivity index (χ3n) is 5.53. The lowest BCUT2D eigenvalue weighted by atomic mass is 9.92. The summed E-state index contributed by atoms with van der Waals surface area (Å²) in [6.45, 7) is 2.04. The van der Waals surface area contributed by atoms with Gasteiger partial charge in [-0.3, -0.25) is 4.98 Å². The molecule has 3 aromatic rings. The molecule has 1 saturated heterocycles. The van der Waals surface area contributed by atoms with E-state index >= 15 is 0 Å². The molecule has 2 N–H and O–H groups in total. The number of hydrogen-bond acceptors (Lipinski definition) is 5. The lowest BCUT2D eigenvalue weighted by molar-refractivity contribution is -0.113. The van der Waals surface area contributed by atoms with E-state index in [4.69, 9.17) is 9.47 Å². The van der Waals surface area contributed by atoms with Crippen LogP contribution < -0.4 is 4.74 Å². The van der Waals surface area contributed by atoms with Gasteiger partial charge in [0.1, 0.15) is 11.5 Å². The van der Waals surface area contributed by atoms with Gasteiger partial charge in [-0.05, 0) is 59.9 Å². The SMILES string of the molecule is Cc1ccc([C@H]2C[C@@H](O)C[C@@H](CO)O2)cc1Cc1ccc(Oc2ccncc2)cc1. The summed E-state index contributed by atoms with van der Waals surface area (Å²) in [6.07, 6.45) is 4.30. The average Bonchev–Trinajstić information content (AvgIpc) is 2.77.